The molecule has 0 aliphatic heterocycles. The minimum absolute atomic E-state index is 0.134. The van der Waals surface area contributed by atoms with E-state index in [1.165, 1.54) is 5.56 Å². The molecule has 0 fully saturated rings. The number of aryl methyl sites for hydroxylation is 3. The van der Waals surface area contributed by atoms with Crippen LogP contribution in [-0.2, 0) is 13.1 Å². The van der Waals surface area contributed by atoms with Gasteiger partial charge in [-0.15, -0.1) is 0 Å². The van der Waals surface area contributed by atoms with Crippen LogP contribution in [0, 0.1) is 6.92 Å². The van der Waals surface area contributed by atoms with Crippen LogP contribution in [0.2, 0.25) is 0 Å². The highest BCUT2D eigenvalue weighted by atomic mass is 16.1. The van der Waals surface area contributed by atoms with E-state index in [9.17, 15) is 4.79 Å². The molecule has 17 heavy (non-hydrogen) atoms. The van der Waals surface area contributed by atoms with Gasteiger partial charge in [0.25, 0.3) is 0 Å². The van der Waals surface area contributed by atoms with Crippen LogP contribution in [0.5, 0.6) is 0 Å². The molecule has 3 nitrogen and oxygen atoms in total. The van der Waals surface area contributed by atoms with Crippen molar-refractivity contribution in [3.63, 3.8) is 0 Å². The molecule has 92 valence electrons. The fourth-order valence-corrected chi connectivity index (χ4v) is 2.31. The van der Waals surface area contributed by atoms with Gasteiger partial charge in [0.1, 0.15) is 0 Å². The summed E-state index contributed by atoms with van der Waals surface area (Å²) in [5.41, 5.74) is 3.48. The summed E-state index contributed by atoms with van der Waals surface area (Å²) in [5.74, 6) is 0. The SMILES string of the molecule is CCCn1c(=O)n(CCC)c2cc(C)ccc21. The van der Waals surface area contributed by atoms with Crippen molar-refractivity contribution in [3.8, 4) is 0 Å². The molecule has 1 aromatic heterocycles. The van der Waals surface area contributed by atoms with Gasteiger partial charge in [0.15, 0.2) is 0 Å². The van der Waals surface area contributed by atoms with E-state index in [0.29, 0.717) is 0 Å². The largest absolute Gasteiger partial charge is 0.329 e. The van der Waals surface area contributed by atoms with Crippen LogP contribution in [-0.4, -0.2) is 9.13 Å². The summed E-state index contributed by atoms with van der Waals surface area (Å²) in [4.78, 5) is 12.3. The maximum Gasteiger partial charge on any atom is 0.329 e. The summed E-state index contributed by atoms with van der Waals surface area (Å²) >= 11 is 0. The van der Waals surface area contributed by atoms with Crippen LogP contribution < -0.4 is 5.69 Å². The van der Waals surface area contributed by atoms with Crippen molar-refractivity contribution < 1.29 is 0 Å². The molecule has 0 spiro atoms. The summed E-state index contributed by atoms with van der Waals surface area (Å²) < 4.78 is 3.79. The van der Waals surface area contributed by atoms with Crippen molar-refractivity contribution in [2.75, 3.05) is 0 Å². The summed E-state index contributed by atoms with van der Waals surface area (Å²) in [6.45, 7) is 7.87. The first-order chi connectivity index (χ1) is 8.19. The lowest BCUT2D eigenvalue weighted by Gasteiger charge is -2.00. The van der Waals surface area contributed by atoms with Gasteiger partial charge in [0.05, 0.1) is 11.0 Å². The molecule has 0 saturated carbocycles. The van der Waals surface area contributed by atoms with Gasteiger partial charge in [0, 0.05) is 13.1 Å². The molecule has 0 amide bonds. The van der Waals surface area contributed by atoms with E-state index < -0.39 is 0 Å². The zero-order valence-corrected chi connectivity index (χ0v) is 10.9. The smallest absolute Gasteiger partial charge is 0.292 e. The minimum Gasteiger partial charge on any atom is -0.292 e. The molecular weight excluding hydrogens is 212 g/mol. The lowest BCUT2D eigenvalue weighted by molar-refractivity contribution is 0.607. The van der Waals surface area contributed by atoms with Gasteiger partial charge in [0.2, 0.25) is 0 Å². The molecule has 1 aromatic carbocycles. The third kappa shape index (κ3) is 2.02. The summed E-state index contributed by atoms with van der Waals surface area (Å²) in [6.07, 6.45) is 1.97. The van der Waals surface area contributed by atoms with Crippen LogP contribution >= 0.6 is 0 Å². The number of hydrogen-bond donors (Lipinski definition) is 0. The van der Waals surface area contributed by atoms with Crippen LogP contribution in [0.4, 0.5) is 0 Å². The van der Waals surface area contributed by atoms with Gasteiger partial charge in [-0.05, 0) is 37.5 Å². The van der Waals surface area contributed by atoms with Crippen LogP contribution in [0.1, 0.15) is 32.3 Å². The Morgan fingerprint density at radius 1 is 1.00 bits per heavy atom. The average molecular weight is 232 g/mol. The number of rotatable bonds is 4. The van der Waals surface area contributed by atoms with E-state index in [1.807, 2.05) is 9.13 Å². The molecule has 0 bridgehead atoms. The number of hydrogen-bond acceptors (Lipinski definition) is 1. The summed E-state index contributed by atoms with van der Waals surface area (Å²) in [5, 5.41) is 0. The van der Waals surface area contributed by atoms with Gasteiger partial charge in [-0.2, -0.15) is 0 Å². The highest BCUT2D eigenvalue weighted by Crippen LogP contribution is 2.16. The Balaban J connectivity index is 2.73. The van der Waals surface area contributed by atoms with Crippen molar-refractivity contribution in [3.05, 3.63) is 34.2 Å². The van der Waals surface area contributed by atoms with E-state index in [2.05, 4.69) is 39.0 Å². The number of benzene rings is 1. The van der Waals surface area contributed by atoms with Crippen molar-refractivity contribution in [2.24, 2.45) is 0 Å². The lowest BCUT2D eigenvalue weighted by atomic mass is 10.2. The van der Waals surface area contributed by atoms with Crippen molar-refractivity contribution >= 4 is 11.0 Å². The van der Waals surface area contributed by atoms with Crippen LogP contribution in [0.15, 0.2) is 23.0 Å². The molecule has 0 radical (unpaired) electrons. The van der Waals surface area contributed by atoms with Crippen LogP contribution in [0.25, 0.3) is 11.0 Å². The predicted molar refractivity (Wildman–Crippen MR) is 71.5 cm³/mol. The average Bonchev–Trinajstić information content (AvgIpc) is 2.55. The monoisotopic (exact) mass is 232 g/mol. The quantitative estimate of drug-likeness (QED) is 0.796. The maximum atomic E-state index is 12.3. The lowest BCUT2D eigenvalue weighted by Crippen LogP contribution is -2.24. The normalized spacial score (nSPS) is 11.2. The summed E-state index contributed by atoms with van der Waals surface area (Å²) in [7, 11) is 0. The molecule has 0 saturated heterocycles. The fraction of sp³-hybridized carbons (Fsp3) is 0.500. The molecule has 0 aliphatic carbocycles. The third-order valence-electron chi connectivity index (χ3n) is 3.07. The zero-order valence-electron chi connectivity index (χ0n) is 10.9. The topological polar surface area (TPSA) is 26.9 Å². The van der Waals surface area contributed by atoms with Gasteiger partial charge >= 0.3 is 5.69 Å². The maximum absolute atomic E-state index is 12.3. The van der Waals surface area contributed by atoms with Gasteiger partial charge in [-0.1, -0.05) is 19.9 Å². The minimum atomic E-state index is 0.134. The Kier molecular flexibility index (Phi) is 3.36. The second kappa shape index (κ2) is 4.78. The third-order valence-corrected chi connectivity index (χ3v) is 3.07. The Morgan fingerprint density at radius 3 is 2.18 bits per heavy atom. The Labute approximate surface area is 102 Å². The highest BCUT2D eigenvalue weighted by Gasteiger charge is 2.11. The molecule has 0 atom stereocenters. The molecule has 3 heteroatoms. The van der Waals surface area contributed by atoms with Gasteiger partial charge < -0.3 is 0 Å². The predicted octanol–water partition coefficient (Wildman–Crippen LogP) is 2.93. The van der Waals surface area contributed by atoms with E-state index in [4.69, 9.17) is 0 Å². The second-order valence-corrected chi connectivity index (χ2v) is 4.58. The fourth-order valence-electron chi connectivity index (χ4n) is 2.31. The van der Waals surface area contributed by atoms with Crippen molar-refractivity contribution in [2.45, 2.75) is 46.7 Å². The van der Waals surface area contributed by atoms with E-state index in [1.54, 1.807) is 0 Å². The van der Waals surface area contributed by atoms with Crippen LogP contribution in [0.3, 0.4) is 0 Å². The van der Waals surface area contributed by atoms with E-state index in [0.717, 1.165) is 37.0 Å². The first-order valence-electron chi connectivity index (χ1n) is 6.38. The van der Waals surface area contributed by atoms with Gasteiger partial charge in [-0.3, -0.25) is 9.13 Å². The number of imidazole rings is 1. The Morgan fingerprint density at radius 2 is 1.59 bits per heavy atom. The van der Waals surface area contributed by atoms with Crippen molar-refractivity contribution in [1.29, 1.82) is 0 Å². The Hall–Kier alpha value is -1.51. The zero-order chi connectivity index (χ0) is 12.4. The van der Waals surface area contributed by atoms with E-state index >= 15 is 0 Å². The molecule has 2 rings (SSSR count). The number of aromatic nitrogens is 2. The summed E-state index contributed by atoms with van der Waals surface area (Å²) in [6, 6.07) is 6.25. The first kappa shape index (κ1) is 12.0. The molecule has 0 unspecified atom stereocenters. The van der Waals surface area contributed by atoms with Gasteiger partial charge in [-0.25, -0.2) is 4.79 Å². The molecular formula is C14H20N2O. The Bertz CT molecular complexity index is 578. The highest BCUT2D eigenvalue weighted by molar-refractivity contribution is 5.77. The molecule has 1 heterocycles. The first-order valence-corrected chi connectivity index (χ1v) is 6.38. The number of nitrogens with zero attached hydrogens (tertiary/aromatic N) is 2. The second-order valence-electron chi connectivity index (χ2n) is 4.58. The molecule has 2 aromatic rings. The number of fused-ring (bicyclic) bond motifs is 1. The standard InChI is InChI=1S/C14H20N2O/c1-4-8-15-12-7-6-11(3)10-13(12)16(9-5-2)14(15)17/h6-7,10H,4-5,8-9H2,1-3H3. The van der Waals surface area contributed by atoms with Crippen molar-refractivity contribution in [1.82, 2.24) is 9.13 Å². The molecule has 0 aliphatic rings. The molecule has 0 N–H and O–H groups in total. The van der Waals surface area contributed by atoms with E-state index in [-0.39, 0.29) is 5.69 Å².